The molecule has 0 bridgehead atoms. The summed E-state index contributed by atoms with van der Waals surface area (Å²) < 4.78 is 10.6. The zero-order chi connectivity index (χ0) is 20.1. The fraction of sp³-hybridized carbons (Fsp3) is 0.667. The molecule has 1 atom stereocenters. The monoisotopic (exact) mass is 379 g/mol. The molecule has 0 aliphatic rings. The molecule has 6 heteroatoms. The number of methoxy groups -OCH3 is 2. The maximum atomic E-state index is 9.27. The Bertz CT molecular complexity index is 562. The third-order valence-corrected chi connectivity index (χ3v) is 4.35. The summed E-state index contributed by atoms with van der Waals surface area (Å²) in [6.07, 6.45) is 2.73. The topological polar surface area (TPSA) is 75.1 Å². The number of aliphatic imine (C=N–C) groups is 1. The normalized spacial score (nSPS) is 12.8. The second-order valence-corrected chi connectivity index (χ2v) is 7.09. The van der Waals surface area contributed by atoms with E-state index in [9.17, 15) is 5.11 Å². The zero-order valence-corrected chi connectivity index (χ0v) is 17.5. The summed E-state index contributed by atoms with van der Waals surface area (Å²) >= 11 is 0. The van der Waals surface area contributed by atoms with Crippen molar-refractivity contribution in [3.05, 3.63) is 23.8 Å². The molecule has 1 unspecified atom stereocenters. The smallest absolute Gasteiger partial charge is 0.191 e. The maximum Gasteiger partial charge on any atom is 0.191 e. The second kappa shape index (κ2) is 13.3. The minimum absolute atomic E-state index is 0.218. The van der Waals surface area contributed by atoms with Crippen molar-refractivity contribution in [2.24, 2.45) is 16.8 Å². The van der Waals surface area contributed by atoms with E-state index in [1.54, 1.807) is 14.2 Å². The van der Waals surface area contributed by atoms with Crippen molar-refractivity contribution in [3.63, 3.8) is 0 Å². The molecule has 0 saturated carbocycles. The fourth-order valence-electron chi connectivity index (χ4n) is 3.06. The summed E-state index contributed by atoms with van der Waals surface area (Å²) in [5.74, 6) is 3.33. The quantitative estimate of drug-likeness (QED) is 0.385. The van der Waals surface area contributed by atoms with Crippen LogP contribution in [0.5, 0.6) is 11.5 Å². The Labute approximate surface area is 164 Å². The van der Waals surface area contributed by atoms with Crippen molar-refractivity contribution in [3.8, 4) is 11.5 Å². The van der Waals surface area contributed by atoms with E-state index in [0.717, 1.165) is 56.4 Å². The number of hydrogen-bond acceptors (Lipinski definition) is 4. The molecule has 0 aromatic heterocycles. The van der Waals surface area contributed by atoms with E-state index < -0.39 is 0 Å². The Kier molecular flexibility index (Phi) is 11.3. The van der Waals surface area contributed by atoms with Crippen LogP contribution in [0, 0.1) is 11.8 Å². The van der Waals surface area contributed by atoms with Gasteiger partial charge < -0.3 is 25.2 Å². The molecule has 1 aromatic carbocycles. The molecule has 0 radical (unpaired) electrons. The highest BCUT2D eigenvalue weighted by Crippen LogP contribution is 2.27. The molecule has 27 heavy (non-hydrogen) atoms. The van der Waals surface area contributed by atoms with Crippen molar-refractivity contribution in [2.45, 2.75) is 40.0 Å². The van der Waals surface area contributed by atoms with Gasteiger partial charge in [-0.2, -0.15) is 0 Å². The van der Waals surface area contributed by atoms with E-state index in [0.29, 0.717) is 11.8 Å². The van der Waals surface area contributed by atoms with Crippen molar-refractivity contribution >= 4 is 5.96 Å². The molecule has 0 saturated heterocycles. The predicted octanol–water partition coefficient (Wildman–Crippen LogP) is 2.85. The molecule has 154 valence electrons. The van der Waals surface area contributed by atoms with Crippen LogP contribution in [0.25, 0.3) is 0 Å². The summed E-state index contributed by atoms with van der Waals surface area (Å²) in [5, 5.41) is 15.9. The lowest BCUT2D eigenvalue weighted by atomic mass is 9.94. The first-order valence-electron chi connectivity index (χ1n) is 9.87. The SMILES string of the molecule is CCNC(=NCC(CCO)CC(C)C)NCCc1ccc(OC)c(OC)c1. The van der Waals surface area contributed by atoms with Crippen molar-refractivity contribution in [1.29, 1.82) is 0 Å². The van der Waals surface area contributed by atoms with Crippen LogP contribution in [-0.4, -0.2) is 51.5 Å². The van der Waals surface area contributed by atoms with Gasteiger partial charge in [-0.05, 0) is 55.7 Å². The second-order valence-electron chi connectivity index (χ2n) is 7.09. The molecular weight excluding hydrogens is 342 g/mol. The van der Waals surface area contributed by atoms with E-state index >= 15 is 0 Å². The lowest BCUT2D eigenvalue weighted by Gasteiger charge is -2.17. The van der Waals surface area contributed by atoms with Gasteiger partial charge in [0, 0.05) is 26.2 Å². The first kappa shape index (κ1) is 23.1. The number of rotatable bonds is 12. The van der Waals surface area contributed by atoms with E-state index in [-0.39, 0.29) is 6.61 Å². The van der Waals surface area contributed by atoms with E-state index in [1.807, 2.05) is 18.2 Å². The number of aliphatic hydroxyl groups is 1. The Balaban J connectivity index is 2.61. The van der Waals surface area contributed by atoms with Crippen molar-refractivity contribution in [2.75, 3.05) is 40.5 Å². The molecule has 0 aliphatic carbocycles. The van der Waals surface area contributed by atoms with Gasteiger partial charge in [0.1, 0.15) is 0 Å². The fourth-order valence-corrected chi connectivity index (χ4v) is 3.06. The first-order chi connectivity index (χ1) is 13.0. The largest absolute Gasteiger partial charge is 0.493 e. The summed E-state index contributed by atoms with van der Waals surface area (Å²) in [4.78, 5) is 4.72. The van der Waals surface area contributed by atoms with Gasteiger partial charge in [0.15, 0.2) is 17.5 Å². The molecule has 1 rings (SSSR count). The number of guanidine groups is 1. The molecule has 0 amide bonds. The highest BCUT2D eigenvalue weighted by molar-refractivity contribution is 5.79. The van der Waals surface area contributed by atoms with E-state index in [2.05, 4.69) is 31.4 Å². The molecule has 3 N–H and O–H groups in total. The van der Waals surface area contributed by atoms with Gasteiger partial charge >= 0.3 is 0 Å². The standard InChI is InChI=1S/C21H37N3O3/c1-6-22-21(24-15-18(10-12-25)13-16(2)3)23-11-9-17-7-8-19(26-4)20(14-17)27-5/h7-8,14,16,18,25H,6,9-13,15H2,1-5H3,(H2,22,23,24). The first-order valence-corrected chi connectivity index (χ1v) is 9.87. The van der Waals surface area contributed by atoms with Crippen LogP contribution >= 0.6 is 0 Å². The van der Waals surface area contributed by atoms with Crippen LogP contribution < -0.4 is 20.1 Å². The summed E-state index contributed by atoms with van der Waals surface area (Å²) in [5.41, 5.74) is 1.17. The predicted molar refractivity (Wildman–Crippen MR) is 112 cm³/mol. The summed E-state index contributed by atoms with van der Waals surface area (Å²) in [6, 6.07) is 5.98. The van der Waals surface area contributed by atoms with Gasteiger partial charge in [-0.1, -0.05) is 19.9 Å². The minimum atomic E-state index is 0.218. The van der Waals surface area contributed by atoms with Crippen LogP contribution in [-0.2, 0) is 6.42 Å². The number of benzene rings is 1. The lowest BCUT2D eigenvalue weighted by Crippen LogP contribution is -2.38. The Hall–Kier alpha value is -1.95. The molecule has 0 spiro atoms. The average molecular weight is 380 g/mol. The maximum absolute atomic E-state index is 9.27. The highest BCUT2D eigenvalue weighted by atomic mass is 16.5. The number of nitrogens with one attached hydrogen (secondary N) is 2. The van der Waals surface area contributed by atoms with Gasteiger partial charge in [0.2, 0.25) is 0 Å². The van der Waals surface area contributed by atoms with Gasteiger partial charge in [-0.15, -0.1) is 0 Å². The minimum Gasteiger partial charge on any atom is -0.493 e. The molecule has 6 nitrogen and oxygen atoms in total. The Morgan fingerprint density at radius 2 is 1.89 bits per heavy atom. The van der Waals surface area contributed by atoms with Crippen LogP contribution in [0.15, 0.2) is 23.2 Å². The Morgan fingerprint density at radius 1 is 1.15 bits per heavy atom. The third kappa shape index (κ3) is 9.00. The summed E-state index contributed by atoms with van der Waals surface area (Å²) in [7, 11) is 3.29. The number of ether oxygens (including phenoxy) is 2. The van der Waals surface area contributed by atoms with Crippen LogP contribution in [0.3, 0.4) is 0 Å². The molecule has 0 fully saturated rings. The molecule has 0 heterocycles. The molecule has 1 aromatic rings. The highest BCUT2D eigenvalue weighted by Gasteiger charge is 2.11. The van der Waals surface area contributed by atoms with E-state index in [1.165, 1.54) is 5.56 Å². The molecule has 0 aliphatic heterocycles. The number of nitrogens with zero attached hydrogens (tertiary/aromatic N) is 1. The van der Waals surface area contributed by atoms with Crippen molar-refractivity contribution < 1.29 is 14.6 Å². The average Bonchev–Trinajstić information content (AvgIpc) is 2.65. The molecular formula is C21H37N3O3. The third-order valence-electron chi connectivity index (χ3n) is 4.35. The van der Waals surface area contributed by atoms with Gasteiger partial charge in [0.25, 0.3) is 0 Å². The Morgan fingerprint density at radius 3 is 2.48 bits per heavy atom. The summed E-state index contributed by atoms with van der Waals surface area (Å²) in [6.45, 7) is 9.01. The zero-order valence-electron chi connectivity index (χ0n) is 17.5. The number of aliphatic hydroxyl groups excluding tert-OH is 1. The van der Waals surface area contributed by atoms with Crippen LogP contribution in [0.2, 0.25) is 0 Å². The lowest BCUT2D eigenvalue weighted by molar-refractivity contribution is 0.245. The van der Waals surface area contributed by atoms with Gasteiger partial charge in [0.05, 0.1) is 14.2 Å². The van der Waals surface area contributed by atoms with E-state index in [4.69, 9.17) is 14.5 Å². The van der Waals surface area contributed by atoms with Gasteiger partial charge in [-0.25, -0.2) is 0 Å². The number of hydrogen-bond donors (Lipinski definition) is 3. The van der Waals surface area contributed by atoms with Crippen LogP contribution in [0.1, 0.15) is 39.2 Å². The van der Waals surface area contributed by atoms with Crippen LogP contribution in [0.4, 0.5) is 0 Å². The van der Waals surface area contributed by atoms with Crippen molar-refractivity contribution in [1.82, 2.24) is 10.6 Å². The van der Waals surface area contributed by atoms with Gasteiger partial charge in [-0.3, -0.25) is 4.99 Å².